The van der Waals surface area contributed by atoms with Gasteiger partial charge in [0.15, 0.2) is 5.65 Å². The summed E-state index contributed by atoms with van der Waals surface area (Å²) in [5.74, 6) is 0.963. The molecule has 0 bridgehead atoms. The maximum Gasteiger partial charge on any atom is 0.262 e. The van der Waals surface area contributed by atoms with Gasteiger partial charge in [0.1, 0.15) is 11.4 Å². The van der Waals surface area contributed by atoms with E-state index in [4.69, 9.17) is 5.10 Å². The van der Waals surface area contributed by atoms with Gasteiger partial charge in [0.2, 0.25) is 0 Å². The molecule has 5 rings (SSSR count). The van der Waals surface area contributed by atoms with Gasteiger partial charge in [-0.15, -0.1) is 0 Å². The van der Waals surface area contributed by atoms with Crippen LogP contribution in [0.15, 0.2) is 43.1 Å². The summed E-state index contributed by atoms with van der Waals surface area (Å²) in [6.07, 6.45) is 10.4. The summed E-state index contributed by atoms with van der Waals surface area (Å²) in [7, 11) is 2.13. The molecule has 10 heteroatoms. The lowest BCUT2D eigenvalue weighted by atomic mass is 9.94. The fourth-order valence-electron chi connectivity index (χ4n) is 3.81. The van der Waals surface area contributed by atoms with Crippen LogP contribution >= 0.6 is 0 Å². The third-order valence-electron chi connectivity index (χ3n) is 5.59. The van der Waals surface area contributed by atoms with E-state index in [-0.39, 0.29) is 5.91 Å². The molecule has 1 fully saturated rings. The van der Waals surface area contributed by atoms with Crippen LogP contribution in [-0.4, -0.2) is 65.3 Å². The van der Waals surface area contributed by atoms with Gasteiger partial charge < -0.3 is 10.2 Å². The number of carbonyl (C=O) groups is 1. The molecule has 0 saturated carbocycles. The smallest absolute Gasteiger partial charge is 0.262 e. The Bertz CT molecular complexity index is 1220. The predicted octanol–water partition coefficient (Wildman–Crippen LogP) is 2.07. The van der Waals surface area contributed by atoms with Crippen molar-refractivity contribution < 1.29 is 4.79 Å². The minimum Gasteiger partial charge on any atom is -0.306 e. The lowest BCUT2D eigenvalue weighted by Crippen LogP contribution is -2.29. The van der Waals surface area contributed by atoms with E-state index in [1.807, 2.05) is 13.0 Å². The first-order chi connectivity index (χ1) is 15.1. The Morgan fingerprint density at radius 3 is 2.68 bits per heavy atom. The zero-order valence-electron chi connectivity index (χ0n) is 17.4. The van der Waals surface area contributed by atoms with Crippen LogP contribution in [0.3, 0.4) is 0 Å². The Morgan fingerprint density at radius 2 is 1.90 bits per heavy atom. The van der Waals surface area contributed by atoms with E-state index in [1.165, 1.54) is 6.20 Å². The van der Waals surface area contributed by atoms with Crippen LogP contribution in [0.4, 0.5) is 5.82 Å². The van der Waals surface area contributed by atoms with Crippen LogP contribution in [-0.2, 0) is 0 Å². The SMILES string of the molecule is Cc1cnc(-n2nc(C3CCN(C)CC3)cc2NC(=O)c2cnn3cccnc23)nc1. The summed E-state index contributed by atoms with van der Waals surface area (Å²) < 4.78 is 3.17. The normalized spacial score (nSPS) is 15.4. The van der Waals surface area contributed by atoms with Gasteiger partial charge in [0, 0.05) is 36.8 Å². The minimum absolute atomic E-state index is 0.308. The lowest BCUT2D eigenvalue weighted by Gasteiger charge is -2.27. The molecule has 0 unspecified atom stereocenters. The summed E-state index contributed by atoms with van der Waals surface area (Å²) >= 11 is 0. The van der Waals surface area contributed by atoms with Crippen LogP contribution in [0, 0.1) is 6.92 Å². The van der Waals surface area contributed by atoms with Crippen molar-refractivity contribution in [2.24, 2.45) is 0 Å². The van der Waals surface area contributed by atoms with Crippen molar-refractivity contribution in [3.63, 3.8) is 0 Å². The fourth-order valence-corrected chi connectivity index (χ4v) is 3.81. The van der Waals surface area contributed by atoms with Gasteiger partial charge >= 0.3 is 0 Å². The van der Waals surface area contributed by atoms with Gasteiger partial charge in [-0.05, 0) is 51.5 Å². The average molecular weight is 417 g/mol. The van der Waals surface area contributed by atoms with Crippen LogP contribution in [0.5, 0.6) is 0 Å². The number of hydrogen-bond acceptors (Lipinski definition) is 7. The first kappa shape index (κ1) is 19.3. The van der Waals surface area contributed by atoms with Crippen molar-refractivity contribution in [3.05, 3.63) is 59.9 Å². The van der Waals surface area contributed by atoms with Gasteiger partial charge in [0.25, 0.3) is 11.9 Å². The number of piperidine rings is 1. The molecule has 4 aromatic heterocycles. The number of amides is 1. The number of nitrogens with one attached hydrogen (secondary N) is 1. The second kappa shape index (κ2) is 7.88. The first-order valence-corrected chi connectivity index (χ1v) is 10.3. The number of aryl methyl sites for hydroxylation is 1. The summed E-state index contributed by atoms with van der Waals surface area (Å²) in [6.45, 7) is 3.97. The highest BCUT2D eigenvalue weighted by atomic mass is 16.1. The number of hydrogen-bond donors (Lipinski definition) is 1. The zero-order chi connectivity index (χ0) is 21.4. The summed E-state index contributed by atoms with van der Waals surface area (Å²) in [5.41, 5.74) is 2.77. The molecule has 0 aliphatic carbocycles. The number of aromatic nitrogens is 7. The predicted molar refractivity (Wildman–Crippen MR) is 114 cm³/mol. The number of likely N-dealkylation sites (tertiary alicyclic amines) is 1. The Kier molecular flexibility index (Phi) is 4.91. The molecule has 5 heterocycles. The van der Waals surface area contributed by atoms with Gasteiger partial charge in [-0.25, -0.2) is 19.5 Å². The van der Waals surface area contributed by atoms with Crippen molar-refractivity contribution in [2.45, 2.75) is 25.7 Å². The van der Waals surface area contributed by atoms with Crippen LogP contribution in [0.2, 0.25) is 0 Å². The van der Waals surface area contributed by atoms with Gasteiger partial charge in [-0.1, -0.05) is 0 Å². The fraction of sp³-hybridized carbons (Fsp3) is 0.333. The monoisotopic (exact) mass is 417 g/mol. The molecule has 1 aliphatic heterocycles. The third kappa shape index (κ3) is 3.77. The van der Waals surface area contributed by atoms with E-state index >= 15 is 0 Å². The maximum absolute atomic E-state index is 13.1. The van der Waals surface area contributed by atoms with E-state index in [1.54, 1.807) is 40.1 Å². The highest BCUT2D eigenvalue weighted by Gasteiger charge is 2.24. The van der Waals surface area contributed by atoms with Crippen molar-refractivity contribution in [3.8, 4) is 5.95 Å². The minimum atomic E-state index is -0.308. The van der Waals surface area contributed by atoms with Crippen molar-refractivity contribution in [2.75, 3.05) is 25.5 Å². The largest absolute Gasteiger partial charge is 0.306 e. The quantitative estimate of drug-likeness (QED) is 0.542. The maximum atomic E-state index is 13.1. The van der Waals surface area contributed by atoms with Crippen molar-refractivity contribution in [1.82, 2.24) is 39.2 Å². The molecule has 1 aliphatic rings. The second-order valence-corrected chi connectivity index (χ2v) is 7.90. The molecule has 1 amide bonds. The van der Waals surface area contributed by atoms with E-state index in [0.29, 0.717) is 28.9 Å². The van der Waals surface area contributed by atoms with E-state index in [0.717, 1.165) is 37.2 Å². The molecule has 10 nitrogen and oxygen atoms in total. The Labute approximate surface area is 179 Å². The van der Waals surface area contributed by atoms with E-state index in [2.05, 4.69) is 37.3 Å². The summed E-state index contributed by atoms with van der Waals surface area (Å²) in [6, 6.07) is 3.69. The van der Waals surface area contributed by atoms with E-state index in [9.17, 15) is 4.79 Å². The molecule has 4 aromatic rings. The zero-order valence-corrected chi connectivity index (χ0v) is 17.4. The molecule has 1 N–H and O–H groups in total. The molecule has 31 heavy (non-hydrogen) atoms. The summed E-state index contributed by atoms with van der Waals surface area (Å²) in [5, 5.41) is 11.9. The molecule has 0 atom stereocenters. The first-order valence-electron chi connectivity index (χ1n) is 10.3. The lowest BCUT2D eigenvalue weighted by molar-refractivity contribution is 0.102. The topological polar surface area (TPSA) is 106 Å². The van der Waals surface area contributed by atoms with Crippen molar-refractivity contribution in [1.29, 1.82) is 0 Å². The molecule has 0 aromatic carbocycles. The highest BCUT2D eigenvalue weighted by molar-refractivity contribution is 6.07. The molecular weight excluding hydrogens is 394 g/mol. The molecule has 0 radical (unpaired) electrons. The van der Waals surface area contributed by atoms with Gasteiger partial charge in [-0.3, -0.25) is 4.79 Å². The Balaban J connectivity index is 1.50. The second-order valence-electron chi connectivity index (χ2n) is 7.90. The molecular formula is C21H23N9O. The van der Waals surface area contributed by atoms with E-state index < -0.39 is 0 Å². The Morgan fingerprint density at radius 1 is 1.13 bits per heavy atom. The highest BCUT2D eigenvalue weighted by Crippen LogP contribution is 2.29. The standard InChI is InChI=1S/C21H23N9O/c1-14-11-23-21(24-12-14)30-18(10-17(27-30)15-4-8-28(2)9-5-15)26-20(31)16-13-25-29-7-3-6-22-19(16)29/h3,6-7,10-13,15H,4-5,8-9H2,1-2H3,(H,26,31). The number of carbonyl (C=O) groups excluding carboxylic acids is 1. The van der Waals surface area contributed by atoms with Crippen molar-refractivity contribution >= 4 is 17.4 Å². The van der Waals surface area contributed by atoms with Crippen LogP contribution in [0.1, 0.15) is 40.4 Å². The van der Waals surface area contributed by atoms with Crippen LogP contribution in [0.25, 0.3) is 11.6 Å². The third-order valence-corrected chi connectivity index (χ3v) is 5.59. The molecule has 0 spiro atoms. The Hall–Kier alpha value is -3.66. The number of rotatable bonds is 4. The van der Waals surface area contributed by atoms with Gasteiger partial charge in [0.05, 0.1) is 11.9 Å². The number of fused-ring (bicyclic) bond motifs is 1. The number of anilines is 1. The number of nitrogens with zero attached hydrogens (tertiary/aromatic N) is 8. The summed E-state index contributed by atoms with van der Waals surface area (Å²) in [4.78, 5) is 28.4. The van der Waals surface area contributed by atoms with Crippen LogP contribution < -0.4 is 5.32 Å². The van der Waals surface area contributed by atoms with Gasteiger partial charge in [-0.2, -0.15) is 14.9 Å². The molecule has 158 valence electrons. The average Bonchev–Trinajstić information content (AvgIpc) is 3.39. The molecule has 1 saturated heterocycles.